The van der Waals surface area contributed by atoms with Gasteiger partial charge in [-0.15, -0.1) is 0 Å². The lowest BCUT2D eigenvalue weighted by Gasteiger charge is -2.28. The first-order valence-corrected chi connectivity index (χ1v) is 13.0. The van der Waals surface area contributed by atoms with Crippen molar-refractivity contribution >= 4 is 23.5 Å². The molecule has 1 aromatic carbocycles. The minimum absolute atomic E-state index is 0.128. The predicted octanol–water partition coefficient (Wildman–Crippen LogP) is 5.07. The van der Waals surface area contributed by atoms with Crippen LogP contribution < -0.4 is 10.6 Å². The Hall–Kier alpha value is -3.44. The molecule has 0 spiro atoms. The van der Waals surface area contributed by atoms with E-state index in [1.807, 2.05) is 13.8 Å². The highest BCUT2D eigenvalue weighted by Gasteiger charge is 2.48. The molecule has 2 aliphatic carbocycles. The number of benzene rings is 1. The maximum absolute atomic E-state index is 15.1. The molecule has 2 unspecified atom stereocenters. The summed E-state index contributed by atoms with van der Waals surface area (Å²) in [4.78, 5) is 38.7. The Morgan fingerprint density at radius 1 is 1.08 bits per heavy atom. The Kier molecular flexibility index (Phi) is 8.04. The fourth-order valence-corrected chi connectivity index (χ4v) is 5.15. The van der Waals surface area contributed by atoms with E-state index in [-0.39, 0.29) is 29.5 Å². The molecule has 0 saturated heterocycles. The second-order valence-corrected chi connectivity index (χ2v) is 10.6. The smallest absolute Gasteiger partial charge is 0.416 e. The largest absolute Gasteiger partial charge is 0.469 e. The van der Waals surface area contributed by atoms with E-state index in [0.29, 0.717) is 12.1 Å². The minimum atomic E-state index is -4.93. The number of esters is 1. The Labute approximate surface area is 223 Å². The molecule has 8 nitrogen and oxygen atoms in total. The molecular weight excluding hydrogens is 520 g/mol. The number of methoxy groups -OCH3 is 1. The molecule has 2 amide bonds. The summed E-state index contributed by atoms with van der Waals surface area (Å²) in [5.41, 5.74) is -2.32. The van der Waals surface area contributed by atoms with Crippen LogP contribution in [0.25, 0.3) is 0 Å². The first kappa shape index (κ1) is 28.6. The number of nitrogens with zero attached hydrogens (tertiary/aromatic N) is 2. The number of hydrogen-bond acceptors (Lipinski definition) is 5. The highest BCUT2D eigenvalue weighted by atomic mass is 19.4. The number of hydrogen-bond donors (Lipinski definition) is 2. The summed E-state index contributed by atoms with van der Waals surface area (Å²) < 4.78 is 62.9. The van der Waals surface area contributed by atoms with Crippen molar-refractivity contribution in [1.82, 2.24) is 15.1 Å². The Balaban J connectivity index is 1.66. The molecule has 0 radical (unpaired) electrons. The topological polar surface area (TPSA) is 102 Å². The van der Waals surface area contributed by atoms with Crippen molar-refractivity contribution in [3.05, 3.63) is 47.0 Å². The third kappa shape index (κ3) is 6.25. The van der Waals surface area contributed by atoms with Gasteiger partial charge in [-0.2, -0.15) is 18.3 Å². The van der Waals surface area contributed by atoms with Crippen molar-refractivity contribution < 1.29 is 36.7 Å². The monoisotopic (exact) mass is 552 g/mol. The lowest BCUT2D eigenvalue weighted by Crippen LogP contribution is -2.50. The van der Waals surface area contributed by atoms with E-state index in [1.54, 1.807) is 0 Å². The van der Waals surface area contributed by atoms with Crippen LogP contribution >= 0.6 is 0 Å². The molecule has 2 aliphatic rings. The number of amides is 2. The third-order valence-electron chi connectivity index (χ3n) is 7.40. The number of halogens is 4. The average molecular weight is 553 g/mol. The summed E-state index contributed by atoms with van der Waals surface area (Å²) in [6.07, 6.45) is 0.0240. The van der Waals surface area contributed by atoms with E-state index in [4.69, 9.17) is 0 Å². The number of rotatable bonds is 10. The highest BCUT2D eigenvalue weighted by molar-refractivity contribution is 6.01. The Bertz CT molecular complexity index is 1240. The molecule has 0 aliphatic heterocycles. The lowest BCUT2D eigenvalue weighted by atomic mass is 9.88. The standard InChI is InChI=1S/C27H32F4N4O4/c1-13(2)35-21(9-10-32-35)24(36)34-23(22(15-5-6-15)16-7-8-16)25(37)33-20-12-18(27(29,30)31)17(11-19(20)28)14(3)26(38)39-4/h9-16,22-23H,5-8H2,1-4H3,(H,33,37)(H,34,36). The van der Waals surface area contributed by atoms with Gasteiger partial charge in [-0.3, -0.25) is 19.1 Å². The van der Waals surface area contributed by atoms with Gasteiger partial charge in [0, 0.05) is 12.2 Å². The number of aromatic nitrogens is 2. The van der Waals surface area contributed by atoms with Crippen molar-refractivity contribution in [3.63, 3.8) is 0 Å². The zero-order valence-electron chi connectivity index (χ0n) is 22.1. The average Bonchev–Trinajstić information content (AvgIpc) is 3.82. The first-order valence-electron chi connectivity index (χ1n) is 13.0. The minimum Gasteiger partial charge on any atom is -0.469 e. The number of carbonyl (C=O) groups is 3. The molecule has 2 saturated carbocycles. The number of alkyl halides is 3. The molecule has 212 valence electrons. The second kappa shape index (κ2) is 11.0. The maximum atomic E-state index is 15.1. The van der Waals surface area contributed by atoms with Crippen LogP contribution in [0, 0.1) is 23.6 Å². The normalized spacial score (nSPS) is 17.2. The SMILES string of the molecule is COC(=O)C(C)c1cc(F)c(NC(=O)C(NC(=O)c2ccnn2C(C)C)C(C2CC2)C2CC2)cc1C(F)(F)F. The Morgan fingerprint density at radius 3 is 2.21 bits per heavy atom. The molecule has 2 N–H and O–H groups in total. The number of anilines is 1. The zero-order chi connectivity index (χ0) is 28.6. The van der Waals surface area contributed by atoms with E-state index in [0.717, 1.165) is 32.8 Å². The van der Waals surface area contributed by atoms with Gasteiger partial charge in [0.2, 0.25) is 5.91 Å². The van der Waals surface area contributed by atoms with Gasteiger partial charge >= 0.3 is 12.1 Å². The fraction of sp³-hybridized carbons (Fsp3) is 0.556. The van der Waals surface area contributed by atoms with Gasteiger partial charge in [0.15, 0.2) is 0 Å². The van der Waals surface area contributed by atoms with Crippen LogP contribution in [0.15, 0.2) is 24.4 Å². The van der Waals surface area contributed by atoms with Gasteiger partial charge < -0.3 is 15.4 Å². The van der Waals surface area contributed by atoms with Crippen LogP contribution in [-0.4, -0.2) is 40.7 Å². The second-order valence-electron chi connectivity index (χ2n) is 10.6. The molecule has 2 atom stereocenters. The first-order chi connectivity index (χ1) is 18.3. The van der Waals surface area contributed by atoms with Gasteiger partial charge in [0.1, 0.15) is 17.6 Å². The van der Waals surface area contributed by atoms with Crippen molar-refractivity contribution in [3.8, 4) is 0 Å². The summed E-state index contributed by atoms with van der Waals surface area (Å²) in [5, 5.41) is 9.22. The molecule has 1 aromatic heterocycles. The van der Waals surface area contributed by atoms with Crippen LogP contribution in [0.1, 0.15) is 80.0 Å². The van der Waals surface area contributed by atoms with E-state index in [9.17, 15) is 27.6 Å². The van der Waals surface area contributed by atoms with Gasteiger partial charge in [-0.25, -0.2) is 4.39 Å². The molecular formula is C27H32F4N4O4. The molecule has 1 heterocycles. The lowest BCUT2D eigenvalue weighted by molar-refractivity contribution is -0.143. The molecule has 2 aromatic rings. The van der Waals surface area contributed by atoms with Gasteiger partial charge in [0.25, 0.3) is 5.91 Å². The van der Waals surface area contributed by atoms with Crippen LogP contribution in [0.5, 0.6) is 0 Å². The predicted molar refractivity (Wildman–Crippen MR) is 133 cm³/mol. The highest BCUT2D eigenvalue weighted by Crippen LogP contribution is 2.51. The maximum Gasteiger partial charge on any atom is 0.416 e. The summed E-state index contributed by atoms with van der Waals surface area (Å²) in [6, 6.07) is 1.38. The van der Waals surface area contributed by atoms with E-state index in [1.165, 1.54) is 23.9 Å². The van der Waals surface area contributed by atoms with E-state index in [2.05, 4.69) is 20.5 Å². The Morgan fingerprint density at radius 2 is 1.69 bits per heavy atom. The van der Waals surface area contributed by atoms with E-state index < -0.39 is 58.6 Å². The van der Waals surface area contributed by atoms with Gasteiger partial charge in [0.05, 0.1) is 24.3 Å². The molecule has 4 rings (SSSR count). The van der Waals surface area contributed by atoms with Crippen LogP contribution in [0.4, 0.5) is 23.2 Å². The zero-order valence-corrected chi connectivity index (χ0v) is 22.1. The van der Waals surface area contributed by atoms with Crippen molar-refractivity contribution in [2.24, 2.45) is 17.8 Å². The summed E-state index contributed by atoms with van der Waals surface area (Å²) in [6.45, 7) is 4.87. The third-order valence-corrected chi connectivity index (χ3v) is 7.40. The fourth-order valence-electron chi connectivity index (χ4n) is 5.15. The van der Waals surface area contributed by atoms with Crippen molar-refractivity contribution in [2.75, 3.05) is 12.4 Å². The molecule has 39 heavy (non-hydrogen) atoms. The number of ether oxygens (including phenoxy) is 1. The molecule has 12 heteroatoms. The molecule has 0 bridgehead atoms. The van der Waals surface area contributed by atoms with Crippen LogP contribution in [0.2, 0.25) is 0 Å². The van der Waals surface area contributed by atoms with E-state index >= 15 is 4.39 Å². The number of carbonyl (C=O) groups excluding carboxylic acids is 3. The van der Waals surface area contributed by atoms with Crippen molar-refractivity contribution in [2.45, 2.75) is 70.6 Å². The van der Waals surface area contributed by atoms with Crippen LogP contribution in [-0.2, 0) is 20.5 Å². The van der Waals surface area contributed by atoms with Gasteiger partial charge in [-0.1, -0.05) is 0 Å². The number of nitrogens with one attached hydrogen (secondary N) is 2. The summed E-state index contributed by atoms with van der Waals surface area (Å²) in [7, 11) is 1.02. The summed E-state index contributed by atoms with van der Waals surface area (Å²) in [5.74, 6) is -4.71. The van der Waals surface area contributed by atoms with Gasteiger partial charge in [-0.05, 0) is 88.0 Å². The summed E-state index contributed by atoms with van der Waals surface area (Å²) >= 11 is 0. The quantitative estimate of drug-likeness (QED) is 0.317. The molecule has 2 fully saturated rings. The van der Waals surface area contributed by atoms with Crippen LogP contribution in [0.3, 0.4) is 0 Å². The van der Waals surface area contributed by atoms with Crippen molar-refractivity contribution in [1.29, 1.82) is 0 Å².